The first-order valence-corrected chi connectivity index (χ1v) is 2.68. The lowest BCUT2D eigenvalue weighted by Gasteiger charge is -1.96. The molecule has 9 heavy (non-hydrogen) atoms. The van der Waals surface area contributed by atoms with Gasteiger partial charge in [0.05, 0.1) is 0 Å². The zero-order valence-corrected chi connectivity index (χ0v) is 5.04. The maximum Gasteiger partial charge on any atom is 0.362 e. The third-order valence-corrected chi connectivity index (χ3v) is 0.982. The Hall–Kier alpha value is -0.900. The molecule has 0 saturated heterocycles. The average Bonchev–Trinajstić information content (AvgIpc) is 1.82. The van der Waals surface area contributed by atoms with E-state index < -0.39 is 12.0 Å². The van der Waals surface area contributed by atoms with E-state index in [2.05, 4.69) is 5.73 Å². The first-order valence-electron chi connectivity index (χ1n) is 2.68. The fourth-order valence-corrected chi connectivity index (χ4v) is 0.393. The van der Waals surface area contributed by atoms with Gasteiger partial charge in [-0.05, 0) is 0 Å². The number of carboxylic acids is 1. The number of aldehydes is 1. The van der Waals surface area contributed by atoms with Crippen molar-refractivity contribution in [1.29, 1.82) is 0 Å². The van der Waals surface area contributed by atoms with Gasteiger partial charge in [-0.15, -0.1) is 0 Å². The van der Waals surface area contributed by atoms with E-state index in [0.717, 1.165) is 0 Å². The molecule has 1 atom stereocenters. The molecule has 0 aliphatic rings. The van der Waals surface area contributed by atoms with Crippen LogP contribution < -0.4 is 5.73 Å². The van der Waals surface area contributed by atoms with Gasteiger partial charge < -0.3 is 15.6 Å². The number of carboxylic acid groups (broad SMARTS) is 1. The zero-order valence-electron chi connectivity index (χ0n) is 5.04. The highest BCUT2D eigenvalue weighted by molar-refractivity contribution is 5.71. The first-order chi connectivity index (χ1) is 4.18. The van der Waals surface area contributed by atoms with Crippen molar-refractivity contribution in [3.63, 3.8) is 0 Å². The van der Waals surface area contributed by atoms with Crippen molar-refractivity contribution < 1.29 is 20.4 Å². The Kier molecular flexibility index (Phi) is 3.62. The van der Waals surface area contributed by atoms with Gasteiger partial charge in [-0.2, -0.15) is 0 Å². The van der Waals surface area contributed by atoms with Crippen LogP contribution in [0.2, 0.25) is 0 Å². The Labute approximate surface area is 52.7 Å². The molecule has 0 aromatic carbocycles. The number of carbonyl (C=O) groups excluding carboxylic acids is 1. The lowest BCUT2D eigenvalue weighted by Crippen LogP contribution is -2.64. The van der Waals surface area contributed by atoms with Crippen LogP contribution in [0.3, 0.4) is 0 Å². The molecule has 0 aliphatic carbocycles. The number of rotatable bonds is 4. The Morgan fingerprint density at radius 3 is 2.67 bits per heavy atom. The number of hydrogen-bond acceptors (Lipinski definition) is 2. The minimum Gasteiger partial charge on any atom is -0.477 e. The van der Waals surface area contributed by atoms with Crippen molar-refractivity contribution in [2.45, 2.75) is 18.9 Å². The van der Waals surface area contributed by atoms with E-state index in [-0.39, 0.29) is 6.42 Å². The van der Waals surface area contributed by atoms with Crippen molar-refractivity contribution in [2.75, 3.05) is 0 Å². The van der Waals surface area contributed by atoms with Crippen LogP contribution in [0.4, 0.5) is 0 Å². The van der Waals surface area contributed by atoms with Gasteiger partial charge in [-0.25, -0.2) is 4.79 Å². The predicted molar refractivity (Wildman–Crippen MR) is 29.6 cm³/mol. The summed E-state index contributed by atoms with van der Waals surface area (Å²) in [7, 11) is 0. The molecule has 0 aliphatic heterocycles. The zero-order chi connectivity index (χ0) is 7.28. The largest absolute Gasteiger partial charge is 0.477 e. The SMILES string of the molecule is [NH3+]C(CCC=O)C(=O)O. The molecule has 4 N–H and O–H groups in total. The van der Waals surface area contributed by atoms with E-state index in [1.165, 1.54) is 0 Å². The molecule has 0 saturated carbocycles. The van der Waals surface area contributed by atoms with Crippen molar-refractivity contribution in [2.24, 2.45) is 0 Å². The summed E-state index contributed by atoms with van der Waals surface area (Å²) in [5.41, 5.74) is 3.32. The Balaban J connectivity index is 3.37. The predicted octanol–water partition coefficient (Wildman–Crippen LogP) is -1.34. The molecule has 0 fully saturated rings. The molecule has 0 spiro atoms. The van der Waals surface area contributed by atoms with Crippen molar-refractivity contribution >= 4 is 12.3 Å². The van der Waals surface area contributed by atoms with Gasteiger partial charge >= 0.3 is 5.97 Å². The lowest BCUT2D eigenvalue weighted by molar-refractivity contribution is -0.408. The summed E-state index contributed by atoms with van der Waals surface area (Å²) in [4.78, 5) is 19.7. The van der Waals surface area contributed by atoms with Gasteiger partial charge in [-0.1, -0.05) is 0 Å². The summed E-state index contributed by atoms with van der Waals surface area (Å²) in [5.74, 6) is -0.947. The second-order valence-corrected chi connectivity index (χ2v) is 1.78. The van der Waals surface area contributed by atoms with Gasteiger partial charge in [0.15, 0.2) is 6.04 Å². The Morgan fingerprint density at radius 1 is 1.78 bits per heavy atom. The van der Waals surface area contributed by atoms with E-state index in [1.54, 1.807) is 0 Å². The Morgan fingerprint density at radius 2 is 2.33 bits per heavy atom. The molecule has 4 nitrogen and oxygen atoms in total. The first kappa shape index (κ1) is 8.10. The normalized spacial score (nSPS) is 12.6. The third kappa shape index (κ3) is 3.66. The van der Waals surface area contributed by atoms with Crippen molar-refractivity contribution in [3.8, 4) is 0 Å². The molecule has 1 unspecified atom stereocenters. The Bertz CT molecular complexity index is 113. The highest BCUT2D eigenvalue weighted by atomic mass is 16.4. The fraction of sp³-hybridized carbons (Fsp3) is 0.600. The molecule has 52 valence electrons. The molecule has 0 radical (unpaired) electrons. The third-order valence-electron chi connectivity index (χ3n) is 0.982. The molecule has 0 aromatic heterocycles. The van der Waals surface area contributed by atoms with Crippen LogP contribution in [0.1, 0.15) is 12.8 Å². The second kappa shape index (κ2) is 4.03. The number of aliphatic carboxylic acids is 1. The maximum absolute atomic E-state index is 10.0. The highest BCUT2D eigenvalue weighted by Gasteiger charge is 2.13. The highest BCUT2D eigenvalue weighted by Crippen LogP contribution is 1.87. The minimum atomic E-state index is -0.947. The quantitative estimate of drug-likeness (QED) is 0.464. The van der Waals surface area contributed by atoms with Gasteiger partial charge in [-0.3, -0.25) is 0 Å². The molecular formula is C5H10NO3+. The van der Waals surface area contributed by atoms with Gasteiger partial charge in [0.25, 0.3) is 0 Å². The van der Waals surface area contributed by atoms with Crippen LogP contribution >= 0.6 is 0 Å². The van der Waals surface area contributed by atoms with Crippen molar-refractivity contribution in [1.82, 2.24) is 0 Å². The molecular weight excluding hydrogens is 122 g/mol. The summed E-state index contributed by atoms with van der Waals surface area (Å²) in [6.07, 6.45) is 1.31. The lowest BCUT2D eigenvalue weighted by atomic mass is 10.2. The molecule has 0 bridgehead atoms. The maximum atomic E-state index is 10.0. The van der Waals surface area contributed by atoms with E-state index in [0.29, 0.717) is 12.7 Å². The fourth-order valence-electron chi connectivity index (χ4n) is 0.393. The van der Waals surface area contributed by atoms with Crippen LogP contribution in [0, 0.1) is 0 Å². The smallest absolute Gasteiger partial charge is 0.362 e. The number of hydrogen-bond donors (Lipinski definition) is 2. The average molecular weight is 132 g/mol. The standard InChI is InChI=1S/C5H9NO3/c6-4(5(8)9)2-1-3-7/h3-4H,1-2,6H2,(H,8,9)/p+1. The molecule has 4 heteroatoms. The van der Waals surface area contributed by atoms with Gasteiger partial charge in [0.1, 0.15) is 6.29 Å². The van der Waals surface area contributed by atoms with Crippen LogP contribution in [0.15, 0.2) is 0 Å². The molecule has 0 aromatic rings. The van der Waals surface area contributed by atoms with Crippen LogP contribution in [-0.4, -0.2) is 23.4 Å². The van der Waals surface area contributed by atoms with Gasteiger partial charge in [0.2, 0.25) is 0 Å². The molecule has 0 heterocycles. The molecule has 0 rings (SSSR count). The topological polar surface area (TPSA) is 82.0 Å². The van der Waals surface area contributed by atoms with Crippen LogP contribution in [0.25, 0.3) is 0 Å². The van der Waals surface area contributed by atoms with Crippen LogP contribution in [0.5, 0.6) is 0 Å². The minimum absolute atomic E-state index is 0.278. The summed E-state index contributed by atoms with van der Waals surface area (Å²) in [5, 5.41) is 8.23. The van der Waals surface area contributed by atoms with Crippen molar-refractivity contribution in [3.05, 3.63) is 0 Å². The second-order valence-electron chi connectivity index (χ2n) is 1.78. The molecule has 0 amide bonds. The summed E-state index contributed by atoms with van der Waals surface area (Å²) < 4.78 is 0. The van der Waals surface area contributed by atoms with E-state index in [4.69, 9.17) is 5.11 Å². The summed E-state index contributed by atoms with van der Waals surface area (Å²) in [6, 6.07) is -0.643. The number of quaternary nitrogens is 1. The monoisotopic (exact) mass is 132 g/mol. The summed E-state index contributed by atoms with van der Waals surface area (Å²) in [6.45, 7) is 0. The van der Waals surface area contributed by atoms with Gasteiger partial charge in [0, 0.05) is 12.8 Å². The number of carbonyl (C=O) groups is 2. The van der Waals surface area contributed by atoms with E-state index in [9.17, 15) is 9.59 Å². The van der Waals surface area contributed by atoms with E-state index >= 15 is 0 Å². The van der Waals surface area contributed by atoms with E-state index in [1.807, 2.05) is 0 Å². The van der Waals surface area contributed by atoms with Crippen LogP contribution in [-0.2, 0) is 9.59 Å². The summed E-state index contributed by atoms with van der Waals surface area (Å²) >= 11 is 0.